The molecule has 4 rings (SSSR count). The highest BCUT2D eigenvalue weighted by Crippen LogP contribution is 2.25. The Bertz CT molecular complexity index is 1120. The third-order valence-corrected chi connectivity index (χ3v) is 4.89. The van der Waals surface area contributed by atoms with E-state index in [1.807, 2.05) is 55.5 Å². The summed E-state index contributed by atoms with van der Waals surface area (Å²) in [6, 6.07) is 17.1. The van der Waals surface area contributed by atoms with Crippen molar-refractivity contribution in [3.63, 3.8) is 0 Å². The average molecular weight is 379 g/mol. The van der Waals surface area contributed by atoms with Crippen LogP contribution in [-0.4, -0.2) is 15.2 Å². The number of hydrogen-bond acceptors (Lipinski definition) is 6. The van der Waals surface area contributed by atoms with Gasteiger partial charge in [-0.3, -0.25) is 4.79 Å². The first kappa shape index (κ1) is 17.4. The molecule has 0 bridgehead atoms. The van der Waals surface area contributed by atoms with Gasteiger partial charge < -0.3 is 14.1 Å². The van der Waals surface area contributed by atoms with E-state index >= 15 is 0 Å². The number of ether oxygens (including phenoxy) is 1. The van der Waals surface area contributed by atoms with Crippen molar-refractivity contribution in [2.45, 2.75) is 24.5 Å². The second kappa shape index (κ2) is 7.67. The van der Waals surface area contributed by atoms with Gasteiger partial charge in [0.25, 0.3) is 11.1 Å². The van der Waals surface area contributed by atoms with E-state index in [1.165, 1.54) is 17.3 Å². The van der Waals surface area contributed by atoms with Crippen LogP contribution in [0.15, 0.2) is 69.0 Å². The number of nitrogens with zero attached hydrogens (tertiary/aromatic N) is 2. The maximum absolute atomic E-state index is 11.8. The molecule has 27 heavy (non-hydrogen) atoms. The zero-order valence-corrected chi connectivity index (χ0v) is 15.5. The fourth-order valence-corrected chi connectivity index (χ4v) is 3.44. The van der Waals surface area contributed by atoms with E-state index in [0.29, 0.717) is 16.9 Å². The second-order valence-electron chi connectivity index (χ2n) is 6.06. The first-order valence-corrected chi connectivity index (χ1v) is 9.41. The number of para-hydroxylation sites is 1. The van der Waals surface area contributed by atoms with Crippen molar-refractivity contribution in [2.75, 3.05) is 0 Å². The van der Waals surface area contributed by atoms with Gasteiger partial charge in [-0.15, -0.1) is 10.2 Å². The summed E-state index contributed by atoms with van der Waals surface area (Å²) in [5, 5.41) is 9.50. The third kappa shape index (κ3) is 4.20. The van der Waals surface area contributed by atoms with Crippen LogP contribution in [-0.2, 0) is 12.4 Å². The molecule has 0 fully saturated rings. The molecule has 0 aliphatic carbocycles. The van der Waals surface area contributed by atoms with Crippen molar-refractivity contribution in [3.05, 3.63) is 82.0 Å². The molecule has 0 saturated heterocycles. The highest BCUT2D eigenvalue weighted by atomic mass is 32.2. The standard InChI is InChI=1S/C20H17N3O3S/c1-13-6-8-15(9-7-13)25-11-19-22-23-20(26-19)27-12-14-10-18(24)21-17-5-3-2-4-16(14)17/h2-10H,11-12H2,1H3,(H,21,24). The fraction of sp³-hybridized carbons (Fsp3) is 0.150. The number of aromatic nitrogens is 3. The molecule has 136 valence electrons. The summed E-state index contributed by atoms with van der Waals surface area (Å²) in [5.41, 5.74) is 2.79. The smallest absolute Gasteiger partial charge is 0.277 e. The number of pyridine rings is 1. The van der Waals surface area contributed by atoms with E-state index in [1.54, 1.807) is 6.07 Å². The van der Waals surface area contributed by atoms with Crippen molar-refractivity contribution < 1.29 is 9.15 Å². The molecular formula is C20H17N3O3S. The molecule has 0 unspecified atom stereocenters. The molecule has 0 amide bonds. The lowest BCUT2D eigenvalue weighted by atomic mass is 10.1. The number of aryl methyl sites for hydroxylation is 1. The Hall–Kier alpha value is -3.06. The number of fused-ring (bicyclic) bond motifs is 1. The molecular weight excluding hydrogens is 362 g/mol. The summed E-state index contributed by atoms with van der Waals surface area (Å²) < 4.78 is 11.3. The Morgan fingerprint density at radius 2 is 1.93 bits per heavy atom. The molecule has 2 aromatic heterocycles. The van der Waals surface area contributed by atoms with Crippen LogP contribution in [0.4, 0.5) is 0 Å². The van der Waals surface area contributed by atoms with Crippen LogP contribution in [0, 0.1) is 6.92 Å². The molecule has 0 radical (unpaired) electrons. The van der Waals surface area contributed by atoms with E-state index in [9.17, 15) is 4.79 Å². The van der Waals surface area contributed by atoms with Gasteiger partial charge in [0.1, 0.15) is 5.75 Å². The minimum atomic E-state index is -0.123. The van der Waals surface area contributed by atoms with Crippen molar-refractivity contribution in [3.8, 4) is 5.75 Å². The first-order valence-electron chi connectivity index (χ1n) is 8.43. The summed E-state index contributed by atoms with van der Waals surface area (Å²) in [7, 11) is 0. The molecule has 0 spiro atoms. The lowest BCUT2D eigenvalue weighted by Gasteiger charge is -2.04. The molecule has 0 saturated carbocycles. The molecule has 4 aromatic rings. The van der Waals surface area contributed by atoms with E-state index in [0.717, 1.165) is 22.2 Å². The van der Waals surface area contributed by atoms with Crippen LogP contribution in [0.25, 0.3) is 10.9 Å². The molecule has 1 N–H and O–H groups in total. The SMILES string of the molecule is Cc1ccc(OCc2nnc(SCc3cc(=O)[nH]c4ccccc34)o2)cc1. The number of H-pyrrole nitrogens is 1. The van der Waals surface area contributed by atoms with Gasteiger partial charge in [0.2, 0.25) is 5.56 Å². The van der Waals surface area contributed by atoms with Gasteiger partial charge in [-0.05, 0) is 30.7 Å². The molecule has 2 aromatic carbocycles. The predicted molar refractivity (Wildman–Crippen MR) is 104 cm³/mol. The lowest BCUT2D eigenvalue weighted by Crippen LogP contribution is -2.05. The summed E-state index contributed by atoms with van der Waals surface area (Å²) >= 11 is 1.39. The lowest BCUT2D eigenvalue weighted by molar-refractivity contribution is 0.252. The van der Waals surface area contributed by atoms with Gasteiger partial charge in [-0.2, -0.15) is 0 Å². The van der Waals surface area contributed by atoms with Crippen LogP contribution < -0.4 is 10.3 Å². The number of hydrogen-bond donors (Lipinski definition) is 1. The quantitative estimate of drug-likeness (QED) is 0.508. The minimum Gasteiger partial charge on any atom is -0.484 e. The van der Waals surface area contributed by atoms with Gasteiger partial charge in [0.05, 0.1) is 0 Å². The van der Waals surface area contributed by atoms with Crippen molar-refractivity contribution >= 4 is 22.7 Å². The summed E-state index contributed by atoms with van der Waals surface area (Å²) in [6.07, 6.45) is 0. The summed E-state index contributed by atoms with van der Waals surface area (Å²) in [6.45, 7) is 2.24. The number of nitrogens with one attached hydrogen (secondary N) is 1. The zero-order chi connectivity index (χ0) is 18.6. The normalized spacial score (nSPS) is 11.0. The maximum atomic E-state index is 11.8. The van der Waals surface area contributed by atoms with E-state index in [-0.39, 0.29) is 12.2 Å². The van der Waals surface area contributed by atoms with E-state index < -0.39 is 0 Å². The maximum Gasteiger partial charge on any atom is 0.277 e. The van der Waals surface area contributed by atoms with Crippen LogP contribution >= 0.6 is 11.8 Å². The summed E-state index contributed by atoms with van der Waals surface area (Å²) in [5.74, 6) is 1.72. The topological polar surface area (TPSA) is 81.0 Å². The van der Waals surface area contributed by atoms with Crippen molar-refractivity contribution in [1.29, 1.82) is 0 Å². The Balaban J connectivity index is 1.41. The van der Waals surface area contributed by atoms with Gasteiger partial charge in [-0.25, -0.2) is 0 Å². The highest BCUT2D eigenvalue weighted by Gasteiger charge is 2.10. The minimum absolute atomic E-state index is 0.123. The van der Waals surface area contributed by atoms with Crippen LogP contribution in [0.3, 0.4) is 0 Å². The van der Waals surface area contributed by atoms with E-state index in [2.05, 4.69) is 15.2 Å². The van der Waals surface area contributed by atoms with Crippen molar-refractivity contribution in [1.82, 2.24) is 15.2 Å². The van der Waals surface area contributed by atoms with Crippen LogP contribution in [0.1, 0.15) is 17.0 Å². The molecule has 6 nitrogen and oxygen atoms in total. The number of benzene rings is 2. The largest absolute Gasteiger partial charge is 0.484 e. The molecule has 0 atom stereocenters. The van der Waals surface area contributed by atoms with E-state index in [4.69, 9.17) is 9.15 Å². The number of thioether (sulfide) groups is 1. The summed E-state index contributed by atoms with van der Waals surface area (Å²) in [4.78, 5) is 14.7. The Morgan fingerprint density at radius 1 is 1.11 bits per heavy atom. The Labute approximate surface area is 159 Å². The Kier molecular flexibility index (Phi) is 4.93. The zero-order valence-electron chi connectivity index (χ0n) is 14.6. The molecule has 0 aliphatic heterocycles. The second-order valence-corrected chi connectivity index (χ2v) is 6.98. The van der Waals surface area contributed by atoms with Crippen LogP contribution in [0.5, 0.6) is 5.75 Å². The van der Waals surface area contributed by atoms with Gasteiger partial charge >= 0.3 is 0 Å². The average Bonchev–Trinajstić information content (AvgIpc) is 3.13. The van der Waals surface area contributed by atoms with Gasteiger partial charge in [0, 0.05) is 22.7 Å². The highest BCUT2D eigenvalue weighted by molar-refractivity contribution is 7.98. The first-order chi connectivity index (χ1) is 13.2. The van der Waals surface area contributed by atoms with Gasteiger partial charge in [0.15, 0.2) is 6.61 Å². The van der Waals surface area contributed by atoms with Crippen LogP contribution in [0.2, 0.25) is 0 Å². The van der Waals surface area contributed by atoms with Gasteiger partial charge in [-0.1, -0.05) is 47.7 Å². The molecule has 0 aliphatic rings. The number of aromatic amines is 1. The monoisotopic (exact) mass is 379 g/mol. The fourth-order valence-electron chi connectivity index (χ4n) is 2.67. The molecule has 2 heterocycles. The number of rotatable bonds is 6. The predicted octanol–water partition coefficient (Wildman–Crippen LogP) is 4.09. The van der Waals surface area contributed by atoms with Crippen molar-refractivity contribution in [2.24, 2.45) is 0 Å². The molecule has 7 heteroatoms. The Morgan fingerprint density at radius 3 is 2.78 bits per heavy atom. The third-order valence-electron chi connectivity index (χ3n) is 4.02.